The Kier molecular flexibility index (Phi) is 11.3. The fourth-order valence-electron chi connectivity index (χ4n) is 10.2. The molecule has 63 heavy (non-hydrogen) atoms. The van der Waals surface area contributed by atoms with Gasteiger partial charge in [-0.25, -0.2) is 14.6 Å². The van der Waals surface area contributed by atoms with Crippen molar-refractivity contribution in [1.29, 1.82) is 0 Å². The number of likely N-dealkylation sites (tertiary alicyclic amines) is 2. The zero-order chi connectivity index (χ0) is 43.0. The second-order valence-corrected chi connectivity index (χ2v) is 17.4. The topological polar surface area (TPSA) is 175 Å². The van der Waals surface area contributed by atoms with E-state index in [9.17, 15) is 19.2 Å². The minimum absolute atomic E-state index is 0.101. The molecule has 3 N–H and O–H groups in total. The highest BCUT2D eigenvalue weighted by Gasteiger charge is 2.45. The van der Waals surface area contributed by atoms with Gasteiger partial charge in [0.1, 0.15) is 35.4 Å². The van der Waals surface area contributed by atoms with E-state index in [0.717, 1.165) is 142 Å². The molecule has 0 spiro atoms. The molecule has 4 saturated heterocycles. The third kappa shape index (κ3) is 8.25. The first kappa shape index (κ1) is 40.8. The maximum atomic E-state index is 13.4. The molecule has 3 aromatic carbocycles. The average Bonchev–Trinajstić information content (AvgIpc) is 3.82. The quantitative estimate of drug-likeness (QED) is 0.177. The molecule has 5 aliphatic heterocycles. The molecule has 326 valence electrons. The Morgan fingerprint density at radius 1 is 0.730 bits per heavy atom. The van der Waals surface area contributed by atoms with Gasteiger partial charge in [-0.2, -0.15) is 5.10 Å². The summed E-state index contributed by atoms with van der Waals surface area (Å²) < 4.78 is 8.14. The predicted molar refractivity (Wildman–Crippen MR) is 237 cm³/mol. The van der Waals surface area contributed by atoms with Crippen LogP contribution in [0.1, 0.15) is 71.7 Å². The van der Waals surface area contributed by atoms with E-state index in [1.165, 1.54) is 0 Å². The molecule has 0 aliphatic carbocycles. The van der Waals surface area contributed by atoms with Crippen LogP contribution in [0.5, 0.6) is 11.5 Å². The lowest BCUT2D eigenvalue weighted by molar-refractivity contribution is -0.136. The highest BCUT2D eigenvalue weighted by molar-refractivity contribution is 6.23. The number of hydrogen-bond donors (Lipinski definition) is 2. The molecule has 2 atom stereocenters. The molecular formula is C47H53N11O5. The van der Waals surface area contributed by atoms with Crippen LogP contribution in [0.3, 0.4) is 0 Å². The molecule has 4 amide bonds. The molecule has 5 aromatic rings. The number of imide groups is 2. The number of para-hydroxylation sites is 1. The first-order valence-corrected chi connectivity index (χ1v) is 22.4. The molecule has 2 unspecified atom stereocenters. The van der Waals surface area contributed by atoms with Crippen LogP contribution in [-0.4, -0.2) is 141 Å². The van der Waals surface area contributed by atoms with E-state index in [2.05, 4.69) is 34.6 Å². The van der Waals surface area contributed by atoms with Gasteiger partial charge in [0.15, 0.2) is 5.65 Å². The summed E-state index contributed by atoms with van der Waals surface area (Å²) in [6.07, 6.45) is 7.36. The first-order valence-electron chi connectivity index (χ1n) is 22.4. The number of piperidine rings is 3. The first-order chi connectivity index (χ1) is 30.8. The van der Waals surface area contributed by atoms with Gasteiger partial charge in [0.25, 0.3) is 11.8 Å². The highest BCUT2D eigenvalue weighted by atomic mass is 16.5. The molecule has 0 radical (unpaired) electrons. The van der Waals surface area contributed by atoms with Crippen molar-refractivity contribution in [3.63, 3.8) is 0 Å². The lowest BCUT2D eigenvalue weighted by Crippen LogP contribution is -2.54. The molecule has 16 heteroatoms. The number of carbonyl (C=O) groups excluding carboxylic acids is 4. The monoisotopic (exact) mass is 851 g/mol. The number of nitrogens with two attached hydrogens (primary N) is 1. The largest absolute Gasteiger partial charge is 0.457 e. The number of fused-ring (bicyclic) bond motifs is 2. The van der Waals surface area contributed by atoms with Gasteiger partial charge in [-0.3, -0.25) is 39.2 Å². The van der Waals surface area contributed by atoms with Gasteiger partial charge in [0, 0.05) is 56.4 Å². The average molecular weight is 852 g/mol. The Bertz CT molecular complexity index is 2510. The number of ether oxygens (including phenoxy) is 1. The van der Waals surface area contributed by atoms with Crippen LogP contribution in [0.4, 0.5) is 11.5 Å². The SMILES string of the molecule is Nc1ncnc2c1c(-c1ccc(Oc3ccccc3)cc1)nn2C1CCCN(C2CCN(CCCN3CCN(c4ccc5c(c4)C(=O)N(C4CCC(=O)NC4=O)C5=O)CC3)CC2)C1. The predicted octanol–water partition coefficient (Wildman–Crippen LogP) is 4.58. The number of aromatic nitrogens is 4. The van der Waals surface area contributed by atoms with Crippen molar-refractivity contribution in [3.8, 4) is 22.8 Å². The lowest BCUT2D eigenvalue weighted by atomic mass is 9.98. The molecule has 2 aromatic heterocycles. The summed E-state index contributed by atoms with van der Waals surface area (Å²) in [6.45, 7) is 9.86. The number of nitrogen functional groups attached to an aromatic ring is 1. The number of amides is 4. The maximum absolute atomic E-state index is 13.4. The zero-order valence-corrected chi connectivity index (χ0v) is 35.4. The smallest absolute Gasteiger partial charge is 0.262 e. The third-order valence-corrected chi connectivity index (χ3v) is 13.6. The number of hydrogen-bond acceptors (Lipinski definition) is 13. The van der Waals surface area contributed by atoms with Crippen molar-refractivity contribution in [2.45, 2.75) is 63.1 Å². The number of piperazine rings is 1. The molecular weight excluding hydrogens is 799 g/mol. The van der Waals surface area contributed by atoms with Gasteiger partial charge >= 0.3 is 0 Å². The van der Waals surface area contributed by atoms with Crippen LogP contribution in [0.15, 0.2) is 79.1 Å². The van der Waals surface area contributed by atoms with Crippen LogP contribution in [0.25, 0.3) is 22.3 Å². The minimum Gasteiger partial charge on any atom is -0.457 e. The summed E-state index contributed by atoms with van der Waals surface area (Å²) in [5.74, 6) is 0.0450. The van der Waals surface area contributed by atoms with Gasteiger partial charge in [-0.05, 0) is 126 Å². The molecule has 16 nitrogen and oxygen atoms in total. The van der Waals surface area contributed by atoms with E-state index in [1.54, 1.807) is 18.5 Å². The highest BCUT2D eigenvalue weighted by Crippen LogP contribution is 2.36. The van der Waals surface area contributed by atoms with Crippen molar-refractivity contribution in [2.75, 3.05) is 76.1 Å². The molecule has 0 bridgehead atoms. The lowest BCUT2D eigenvalue weighted by Gasteiger charge is -2.42. The van der Waals surface area contributed by atoms with Crippen LogP contribution >= 0.6 is 0 Å². The van der Waals surface area contributed by atoms with Gasteiger partial charge in [0.05, 0.1) is 22.6 Å². The van der Waals surface area contributed by atoms with Crippen LogP contribution in [0.2, 0.25) is 0 Å². The van der Waals surface area contributed by atoms with E-state index >= 15 is 0 Å². The Hall–Kier alpha value is -6.23. The molecule has 4 fully saturated rings. The van der Waals surface area contributed by atoms with Crippen molar-refractivity contribution in [1.82, 2.24) is 44.7 Å². The van der Waals surface area contributed by atoms with Gasteiger partial charge < -0.3 is 20.3 Å². The van der Waals surface area contributed by atoms with Crippen LogP contribution in [0, 0.1) is 0 Å². The second-order valence-electron chi connectivity index (χ2n) is 17.4. The number of anilines is 2. The second kappa shape index (κ2) is 17.5. The molecule has 5 aliphatic rings. The molecule has 10 rings (SSSR count). The summed E-state index contributed by atoms with van der Waals surface area (Å²) in [5, 5.41) is 8.23. The zero-order valence-electron chi connectivity index (χ0n) is 35.4. The maximum Gasteiger partial charge on any atom is 0.262 e. The summed E-state index contributed by atoms with van der Waals surface area (Å²) in [6, 6.07) is 22.9. The summed E-state index contributed by atoms with van der Waals surface area (Å²) >= 11 is 0. The molecule has 0 saturated carbocycles. The Morgan fingerprint density at radius 2 is 1.46 bits per heavy atom. The summed E-state index contributed by atoms with van der Waals surface area (Å²) in [4.78, 5) is 70.8. The van der Waals surface area contributed by atoms with Crippen molar-refractivity contribution < 1.29 is 23.9 Å². The Labute approximate surface area is 366 Å². The van der Waals surface area contributed by atoms with Crippen molar-refractivity contribution >= 4 is 46.2 Å². The Morgan fingerprint density at radius 3 is 2.22 bits per heavy atom. The van der Waals surface area contributed by atoms with Crippen molar-refractivity contribution in [2.24, 2.45) is 0 Å². The van der Waals surface area contributed by atoms with Crippen LogP contribution in [-0.2, 0) is 9.59 Å². The molecule has 7 heterocycles. The minimum atomic E-state index is -0.962. The summed E-state index contributed by atoms with van der Waals surface area (Å²) in [5.41, 5.74) is 10.5. The Balaban J connectivity index is 0.691. The van der Waals surface area contributed by atoms with E-state index in [-0.39, 0.29) is 24.8 Å². The van der Waals surface area contributed by atoms with E-state index < -0.39 is 23.8 Å². The summed E-state index contributed by atoms with van der Waals surface area (Å²) in [7, 11) is 0. The number of nitrogens with zero attached hydrogens (tertiary/aromatic N) is 9. The normalized spacial score (nSPS) is 21.9. The standard InChI is InChI=1S/C47H53N11O5/c48-43-41-42(31-9-12-36(13-10-31)63-35-7-2-1-3-8-35)52-58(44(41)50-30-49-43)34-6-4-21-56(29-34)32-17-22-53(23-18-32)19-5-20-54-24-26-55(27-25-54)33-11-14-37-38(28-33)47(62)57(46(37)61)39-15-16-40(59)51-45(39)60/h1-3,7-14,28,30,32,34,39H,4-6,15-27,29H2,(H2,48,49,50)(H,51,59,60). The van der Waals surface area contributed by atoms with E-state index in [1.807, 2.05) is 60.7 Å². The van der Waals surface area contributed by atoms with Crippen LogP contribution < -0.4 is 20.7 Å². The number of nitrogens with one attached hydrogen (secondary N) is 1. The number of rotatable bonds is 11. The fraction of sp³-hybridized carbons (Fsp3) is 0.426. The number of benzene rings is 3. The van der Waals surface area contributed by atoms with Gasteiger partial charge in [-0.15, -0.1) is 0 Å². The van der Waals surface area contributed by atoms with Gasteiger partial charge in [-0.1, -0.05) is 18.2 Å². The van der Waals surface area contributed by atoms with E-state index in [0.29, 0.717) is 23.0 Å². The number of carbonyl (C=O) groups is 4. The van der Waals surface area contributed by atoms with Crippen molar-refractivity contribution in [3.05, 3.63) is 90.3 Å². The van der Waals surface area contributed by atoms with E-state index in [4.69, 9.17) is 20.6 Å². The third-order valence-electron chi connectivity index (χ3n) is 13.6. The van der Waals surface area contributed by atoms with Gasteiger partial charge in [0.2, 0.25) is 11.8 Å². The fourth-order valence-corrected chi connectivity index (χ4v) is 10.2.